The molecule has 0 bridgehead atoms. The molecule has 1 saturated carbocycles. The molecule has 0 amide bonds. The first-order chi connectivity index (χ1) is 12.7. The van der Waals surface area contributed by atoms with Gasteiger partial charge < -0.3 is 0 Å². The van der Waals surface area contributed by atoms with Crippen LogP contribution in [0.15, 0.2) is 54.7 Å². The average molecular weight is 365 g/mol. The molecule has 4 nitrogen and oxygen atoms in total. The molecule has 0 N–H and O–H groups in total. The Hall–Kier alpha value is -2.79. The van der Waals surface area contributed by atoms with Crippen LogP contribution >= 0.6 is 11.6 Å². The minimum absolute atomic E-state index is 0.282. The molecule has 0 saturated heterocycles. The number of halogens is 2. The van der Waals surface area contributed by atoms with Gasteiger partial charge in [-0.25, -0.2) is 18.9 Å². The Kier molecular flexibility index (Phi) is 3.50. The second-order valence-corrected chi connectivity index (χ2v) is 6.84. The maximum atomic E-state index is 13.4. The van der Waals surface area contributed by atoms with Crippen LogP contribution in [-0.2, 0) is 0 Å². The third-order valence-electron chi connectivity index (χ3n) is 4.60. The summed E-state index contributed by atoms with van der Waals surface area (Å²) >= 11 is 6.34. The quantitative estimate of drug-likeness (QED) is 0.473. The van der Waals surface area contributed by atoms with Crippen LogP contribution in [0.3, 0.4) is 0 Å². The van der Waals surface area contributed by atoms with E-state index in [1.807, 2.05) is 18.2 Å². The van der Waals surface area contributed by atoms with Gasteiger partial charge in [0.2, 0.25) is 0 Å². The monoisotopic (exact) mass is 364 g/mol. The molecule has 0 spiro atoms. The molecule has 4 aromatic rings. The zero-order valence-electron chi connectivity index (χ0n) is 13.7. The van der Waals surface area contributed by atoms with Crippen molar-refractivity contribution in [3.8, 4) is 22.5 Å². The lowest BCUT2D eigenvalue weighted by atomic mass is 10.0. The molecule has 128 valence electrons. The second-order valence-electron chi connectivity index (χ2n) is 6.45. The van der Waals surface area contributed by atoms with Crippen molar-refractivity contribution < 1.29 is 4.39 Å². The topological polar surface area (TPSA) is 43.1 Å². The Morgan fingerprint density at radius 1 is 1.04 bits per heavy atom. The Morgan fingerprint density at radius 3 is 2.62 bits per heavy atom. The Bertz CT molecular complexity index is 1120. The largest absolute Gasteiger partial charge is 0.241 e. The number of hydrogen-bond donors (Lipinski definition) is 0. The van der Waals surface area contributed by atoms with Crippen molar-refractivity contribution in [2.24, 2.45) is 0 Å². The van der Waals surface area contributed by atoms with Crippen LogP contribution in [0.2, 0.25) is 5.15 Å². The Labute approximate surface area is 154 Å². The van der Waals surface area contributed by atoms with Gasteiger partial charge in [-0.1, -0.05) is 17.7 Å². The molecule has 5 rings (SSSR count). The average Bonchev–Trinajstić information content (AvgIpc) is 3.43. The first-order valence-electron chi connectivity index (χ1n) is 8.47. The standard InChI is InChI=1S/C20H14ClFN4/c21-17-3-1-2-16-18(15-10-11-23-20(24-15)13-4-5-13)19(25-26(16)17)12-6-8-14(22)9-7-12/h1-3,6-11,13H,4-5H2. The molecule has 0 atom stereocenters. The van der Waals surface area contributed by atoms with Crippen molar-refractivity contribution in [3.63, 3.8) is 0 Å². The van der Waals surface area contributed by atoms with Gasteiger partial charge in [-0.15, -0.1) is 0 Å². The second kappa shape index (κ2) is 5.88. The van der Waals surface area contributed by atoms with E-state index in [9.17, 15) is 4.39 Å². The molecule has 3 aromatic heterocycles. The lowest BCUT2D eigenvalue weighted by Gasteiger charge is -2.05. The van der Waals surface area contributed by atoms with Crippen LogP contribution in [-0.4, -0.2) is 19.6 Å². The molecule has 26 heavy (non-hydrogen) atoms. The summed E-state index contributed by atoms with van der Waals surface area (Å²) in [6.07, 6.45) is 4.06. The van der Waals surface area contributed by atoms with Crippen LogP contribution in [0.1, 0.15) is 24.6 Å². The fraction of sp³-hybridized carbons (Fsp3) is 0.150. The van der Waals surface area contributed by atoms with E-state index in [1.54, 1.807) is 28.9 Å². The third-order valence-corrected chi connectivity index (χ3v) is 4.89. The molecule has 3 heterocycles. The molecule has 0 aliphatic heterocycles. The minimum Gasteiger partial charge on any atom is -0.241 e. The number of pyridine rings is 1. The Balaban J connectivity index is 1.79. The van der Waals surface area contributed by atoms with Crippen LogP contribution in [0.5, 0.6) is 0 Å². The van der Waals surface area contributed by atoms with E-state index < -0.39 is 0 Å². The van der Waals surface area contributed by atoms with Gasteiger partial charge in [-0.2, -0.15) is 5.10 Å². The lowest BCUT2D eigenvalue weighted by Crippen LogP contribution is -1.94. The zero-order valence-corrected chi connectivity index (χ0v) is 14.5. The van der Waals surface area contributed by atoms with E-state index in [1.165, 1.54) is 12.1 Å². The summed E-state index contributed by atoms with van der Waals surface area (Å²) < 4.78 is 15.1. The van der Waals surface area contributed by atoms with E-state index in [4.69, 9.17) is 16.6 Å². The molecule has 1 aliphatic carbocycles. The fourth-order valence-corrected chi connectivity index (χ4v) is 3.35. The van der Waals surface area contributed by atoms with Crippen molar-refractivity contribution >= 4 is 17.1 Å². The zero-order chi connectivity index (χ0) is 17.7. The van der Waals surface area contributed by atoms with E-state index in [0.29, 0.717) is 11.1 Å². The molecule has 0 radical (unpaired) electrons. The van der Waals surface area contributed by atoms with Gasteiger partial charge in [0.25, 0.3) is 0 Å². The highest BCUT2D eigenvalue weighted by Gasteiger charge is 2.27. The summed E-state index contributed by atoms with van der Waals surface area (Å²) in [4.78, 5) is 9.19. The van der Waals surface area contributed by atoms with Crippen molar-refractivity contribution in [2.75, 3.05) is 0 Å². The lowest BCUT2D eigenvalue weighted by molar-refractivity contribution is 0.628. The summed E-state index contributed by atoms with van der Waals surface area (Å²) in [6.45, 7) is 0. The van der Waals surface area contributed by atoms with Crippen molar-refractivity contribution in [1.82, 2.24) is 19.6 Å². The minimum atomic E-state index is -0.282. The van der Waals surface area contributed by atoms with Gasteiger partial charge in [0, 0.05) is 17.7 Å². The van der Waals surface area contributed by atoms with Crippen LogP contribution < -0.4 is 0 Å². The highest BCUT2D eigenvalue weighted by molar-refractivity contribution is 6.29. The summed E-state index contributed by atoms with van der Waals surface area (Å²) in [5, 5.41) is 5.19. The smallest absolute Gasteiger partial charge is 0.132 e. The van der Waals surface area contributed by atoms with E-state index >= 15 is 0 Å². The number of nitrogens with zero attached hydrogens (tertiary/aromatic N) is 4. The number of aromatic nitrogens is 4. The summed E-state index contributed by atoms with van der Waals surface area (Å²) in [6, 6.07) is 13.8. The first kappa shape index (κ1) is 15.5. The van der Waals surface area contributed by atoms with Crippen molar-refractivity contribution in [3.05, 3.63) is 71.5 Å². The van der Waals surface area contributed by atoms with Gasteiger partial charge in [0.1, 0.15) is 22.5 Å². The molecule has 1 aliphatic rings. The summed E-state index contributed by atoms with van der Waals surface area (Å²) in [7, 11) is 0. The molecular weight excluding hydrogens is 351 g/mol. The van der Waals surface area contributed by atoms with Gasteiger partial charge in [0.15, 0.2) is 0 Å². The van der Waals surface area contributed by atoms with Gasteiger partial charge in [0.05, 0.1) is 16.8 Å². The summed E-state index contributed by atoms with van der Waals surface area (Å²) in [5.41, 5.74) is 4.07. The molecule has 0 unspecified atom stereocenters. The van der Waals surface area contributed by atoms with Crippen LogP contribution in [0, 0.1) is 5.82 Å². The van der Waals surface area contributed by atoms with Crippen LogP contribution in [0.4, 0.5) is 4.39 Å². The SMILES string of the molecule is Fc1ccc(-c2nn3c(Cl)cccc3c2-c2ccnc(C3CC3)n2)cc1. The number of rotatable bonds is 3. The predicted molar refractivity (Wildman–Crippen MR) is 98.6 cm³/mol. The van der Waals surface area contributed by atoms with Crippen molar-refractivity contribution in [1.29, 1.82) is 0 Å². The third kappa shape index (κ3) is 2.56. The van der Waals surface area contributed by atoms with Gasteiger partial charge >= 0.3 is 0 Å². The first-order valence-corrected chi connectivity index (χ1v) is 8.85. The van der Waals surface area contributed by atoms with E-state index in [2.05, 4.69) is 10.1 Å². The predicted octanol–water partition coefficient (Wildman–Crippen LogP) is 5.13. The molecular formula is C20H14ClFN4. The Morgan fingerprint density at radius 2 is 1.85 bits per heavy atom. The molecule has 6 heteroatoms. The normalized spacial score (nSPS) is 14.1. The highest BCUT2D eigenvalue weighted by Crippen LogP contribution is 2.40. The highest BCUT2D eigenvalue weighted by atomic mass is 35.5. The van der Waals surface area contributed by atoms with Gasteiger partial charge in [-0.3, -0.25) is 0 Å². The maximum Gasteiger partial charge on any atom is 0.132 e. The molecule has 1 fully saturated rings. The van der Waals surface area contributed by atoms with Crippen LogP contribution in [0.25, 0.3) is 28.0 Å². The maximum absolute atomic E-state index is 13.4. The van der Waals surface area contributed by atoms with E-state index in [-0.39, 0.29) is 5.82 Å². The number of benzene rings is 1. The number of hydrogen-bond acceptors (Lipinski definition) is 3. The van der Waals surface area contributed by atoms with E-state index in [0.717, 1.165) is 46.7 Å². The molecule has 1 aromatic carbocycles. The number of fused-ring (bicyclic) bond motifs is 1. The fourth-order valence-electron chi connectivity index (χ4n) is 3.15. The van der Waals surface area contributed by atoms with Gasteiger partial charge in [-0.05, 0) is 55.3 Å². The van der Waals surface area contributed by atoms with Crippen molar-refractivity contribution in [2.45, 2.75) is 18.8 Å². The summed E-state index contributed by atoms with van der Waals surface area (Å²) in [5.74, 6) is 1.04.